The second-order valence-electron chi connectivity index (χ2n) is 4.85. The molecule has 0 bridgehead atoms. The van der Waals surface area contributed by atoms with E-state index >= 15 is 0 Å². The number of nitrogens with zero attached hydrogens (tertiary/aromatic N) is 2. The van der Waals surface area contributed by atoms with Gasteiger partial charge in [-0.1, -0.05) is 18.2 Å². The summed E-state index contributed by atoms with van der Waals surface area (Å²) in [6.45, 7) is 7.27. The van der Waals surface area contributed by atoms with Crippen LogP contribution in [0.4, 0.5) is 0 Å². The molecule has 0 unspecified atom stereocenters. The van der Waals surface area contributed by atoms with Crippen LogP contribution in [0.2, 0.25) is 0 Å². The van der Waals surface area contributed by atoms with Gasteiger partial charge in [0.1, 0.15) is 0 Å². The zero-order valence-electron chi connectivity index (χ0n) is 11.8. The van der Waals surface area contributed by atoms with Gasteiger partial charge in [0.2, 0.25) is 0 Å². The fourth-order valence-electron chi connectivity index (χ4n) is 2.48. The van der Waals surface area contributed by atoms with Crippen LogP contribution in [-0.2, 0) is 13.6 Å². The van der Waals surface area contributed by atoms with Gasteiger partial charge in [0.15, 0.2) is 0 Å². The Morgan fingerprint density at radius 2 is 1.94 bits per heavy atom. The maximum atomic E-state index is 4.49. The van der Waals surface area contributed by atoms with E-state index in [9.17, 15) is 0 Å². The highest BCUT2D eigenvalue weighted by Crippen LogP contribution is 2.29. The first kappa shape index (κ1) is 12.8. The lowest BCUT2D eigenvalue weighted by Crippen LogP contribution is -2.05. The second-order valence-corrected chi connectivity index (χ2v) is 4.85. The summed E-state index contributed by atoms with van der Waals surface area (Å²) >= 11 is 0. The fraction of sp³-hybridized carbons (Fsp3) is 0.400. The molecule has 0 aliphatic rings. The van der Waals surface area contributed by atoms with E-state index in [0.29, 0.717) is 0 Å². The van der Waals surface area contributed by atoms with E-state index < -0.39 is 0 Å². The van der Waals surface area contributed by atoms with Crippen LogP contribution in [0.5, 0.6) is 0 Å². The molecule has 0 fully saturated rings. The molecule has 2 aromatic rings. The number of nitrogens with one attached hydrogen (secondary N) is 1. The predicted octanol–water partition coefficient (Wildman–Crippen LogP) is 2.73. The molecular formula is C15H21N3. The Labute approximate surface area is 109 Å². The summed E-state index contributed by atoms with van der Waals surface area (Å²) in [6, 6.07) is 6.64. The minimum Gasteiger partial charge on any atom is -0.316 e. The largest absolute Gasteiger partial charge is 0.316 e. The van der Waals surface area contributed by atoms with E-state index in [1.165, 1.54) is 27.9 Å². The Bertz CT molecular complexity index is 567. The van der Waals surface area contributed by atoms with E-state index in [1.54, 1.807) is 0 Å². The van der Waals surface area contributed by atoms with Crippen molar-refractivity contribution in [1.29, 1.82) is 0 Å². The third-order valence-corrected chi connectivity index (χ3v) is 3.45. The molecule has 0 aliphatic carbocycles. The molecule has 0 atom stereocenters. The molecule has 18 heavy (non-hydrogen) atoms. The van der Waals surface area contributed by atoms with Gasteiger partial charge in [-0.3, -0.25) is 4.68 Å². The number of aryl methyl sites for hydroxylation is 3. The van der Waals surface area contributed by atoms with E-state index in [1.807, 2.05) is 18.8 Å². The fourth-order valence-corrected chi connectivity index (χ4v) is 2.48. The average molecular weight is 243 g/mol. The number of hydrogen-bond donors (Lipinski definition) is 1. The van der Waals surface area contributed by atoms with Crippen molar-refractivity contribution >= 4 is 0 Å². The van der Waals surface area contributed by atoms with Gasteiger partial charge in [0.05, 0.1) is 5.69 Å². The van der Waals surface area contributed by atoms with Crippen LogP contribution >= 0.6 is 0 Å². The van der Waals surface area contributed by atoms with Crippen molar-refractivity contribution in [1.82, 2.24) is 15.1 Å². The molecule has 0 saturated carbocycles. The van der Waals surface area contributed by atoms with Gasteiger partial charge in [-0.25, -0.2) is 0 Å². The van der Waals surface area contributed by atoms with Crippen LogP contribution in [-0.4, -0.2) is 16.8 Å². The first-order chi connectivity index (χ1) is 8.54. The predicted molar refractivity (Wildman–Crippen MR) is 75.6 cm³/mol. The Morgan fingerprint density at radius 1 is 1.22 bits per heavy atom. The van der Waals surface area contributed by atoms with E-state index in [4.69, 9.17) is 0 Å². The third-order valence-electron chi connectivity index (χ3n) is 3.45. The van der Waals surface area contributed by atoms with Crippen LogP contribution in [0, 0.1) is 20.8 Å². The number of rotatable bonds is 3. The molecule has 3 heteroatoms. The zero-order valence-corrected chi connectivity index (χ0v) is 11.8. The summed E-state index contributed by atoms with van der Waals surface area (Å²) in [6.07, 6.45) is 0. The van der Waals surface area contributed by atoms with Crippen molar-refractivity contribution in [3.63, 3.8) is 0 Å². The first-order valence-electron chi connectivity index (χ1n) is 6.29. The first-order valence-corrected chi connectivity index (χ1v) is 6.29. The van der Waals surface area contributed by atoms with Crippen LogP contribution in [0.25, 0.3) is 11.1 Å². The summed E-state index contributed by atoms with van der Waals surface area (Å²) in [5.41, 5.74) is 7.50. The molecule has 1 N–H and O–H groups in total. The smallest absolute Gasteiger partial charge is 0.0674 e. The Morgan fingerprint density at radius 3 is 2.44 bits per heavy atom. The maximum Gasteiger partial charge on any atom is 0.0674 e. The highest BCUT2D eigenvalue weighted by Gasteiger charge is 2.13. The molecule has 1 aromatic heterocycles. The van der Waals surface area contributed by atoms with Crippen molar-refractivity contribution in [2.75, 3.05) is 7.05 Å². The van der Waals surface area contributed by atoms with Crippen molar-refractivity contribution in [2.24, 2.45) is 7.05 Å². The highest BCUT2D eigenvalue weighted by atomic mass is 15.3. The molecule has 96 valence electrons. The Balaban J connectivity index is 2.51. The SMILES string of the molecule is CNCc1ccc(-c2c(C)nn(C)c2C)c(C)c1. The van der Waals surface area contributed by atoms with Gasteiger partial charge in [-0.15, -0.1) is 0 Å². The Kier molecular flexibility index (Phi) is 3.53. The average Bonchev–Trinajstić information content (AvgIpc) is 2.55. The normalized spacial score (nSPS) is 10.9. The lowest BCUT2D eigenvalue weighted by atomic mass is 9.97. The molecular weight excluding hydrogens is 222 g/mol. The van der Waals surface area contributed by atoms with Gasteiger partial charge in [-0.05, 0) is 44.5 Å². The second kappa shape index (κ2) is 4.94. The van der Waals surface area contributed by atoms with Crippen molar-refractivity contribution in [2.45, 2.75) is 27.3 Å². The van der Waals surface area contributed by atoms with Crippen LogP contribution in [0.15, 0.2) is 18.2 Å². The number of benzene rings is 1. The third kappa shape index (κ3) is 2.18. The molecule has 1 aromatic carbocycles. The molecule has 0 spiro atoms. The van der Waals surface area contributed by atoms with E-state index in [0.717, 1.165) is 12.2 Å². The summed E-state index contributed by atoms with van der Waals surface area (Å²) in [4.78, 5) is 0. The summed E-state index contributed by atoms with van der Waals surface area (Å²) in [5, 5.41) is 7.67. The zero-order chi connectivity index (χ0) is 13.3. The van der Waals surface area contributed by atoms with Gasteiger partial charge in [-0.2, -0.15) is 5.10 Å². The molecule has 0 saturated heterocycles. The summed E-state index contributed by atoms with van der Waals surface area (Å²) in [7, 11) is 3.97. The molecule has 2 rings (SSSR count). The van der Waals surface area contributed by atoms with Crippen molar-refractivity contribution < 1.29 is 0 Å². The van der Waals surface area contributed by atoms with Gasteiger partial charge in [0, 0.05) is 24.8 Å². The molecule has 1 heterocycles. The maximum absolute atomic E-state index is 4.49. The van der Waals surface area contributed by atoms with Crippen molar-refractivity contribution in [3.05, 3.63) is 40.7 Å². The van der Waals surface area contributed by atoms with Crippen LogP contribution < -0.4 is 5.32 Å². The monoisotopic (exact) mass is 243 g/mol. The van der Waals surface area contributed by atoms with Gasteiger partial charge >= 0.3 is 0 Å². The molecule has 3 nitrogen and oxygen atoms in total. The van der Waals surface area contributed by atoms with Crippen molar-refractivity contribution in [3.8, 4) is 11.1 Å². The van der Waals surface area contributed by atoms with E-state index in [-0.39, 0.29) is 0 Å². The van der Waals surface area contributed by atoms with Gasteiger partial charge < -0.3 is 5.32 Å². The molecule has 0 radical (unpaired) electrons. The van der Waals surface area contributed by atoms with Crippen LogP contribution in [0.3, 0.4) is 0 Å². The lowest BCUT2D eigenvalue weighted by Gasteiger charge is -2.09. The number of hydrogen-bond acceptors (Lipinski definition) is 2. The molecule has 0 amide bonds. The topological polar surface area (TPSA) is 29.9 Å². The standard InChI is InChI=1S/C15H21N3/c1-10-8-13(9-16-4)6-7-14(10)15-11(2)17-18(5)12(15)3/h6-8,16H,9H2,1-5H3. The summed E-state index contributed by atoms with van der Waals surface area (Å²) in [5.74, 6) is 0. The minimum atomic E-state index is 0.909. The molecule has 0 aliphatic heterocycles. The van der Waals surface area contributed by atoms with Crippen LogP contribution in [0.1, 0.15) is 22.5 Å². The number of aromatic nitrogens is 2. The highest BCUT2D eigenvalue weighted by molar-refractivity contribution is 5.71. The van der Waals surface area contributed by atoms with Gasteiger partial charge in [0.25, 0.3) is 0 Å². The lowest BCUT2D eigenvalue weighted by molar-refractivity contribution is 0.731. The minimum absolute atomic E-state index is 0.909. The Hall–Kier alpha value is -1.61. The van der Waals surface area contributed by atoms with E-state index in [2.05, 4.69) is 49.4 Å². The summed E-state index contributed by atoms with van der Waals surface area (Å²) < 4.78 is 1.95. The quantitative estimate of drug-likeness (QED) is 0.898.